The van der Waals surface area contributed by atoms with Crippen molar-refractivity contribution in [3.8, 4) is 0 Å². The Kier molecular flexibility index (Phi) is 4.65. The van der Waals surface area contributed by atoms with Crippen LogP contribution in [0.3, 0.4) is 0 Å². The van der Waals surface area contributed by atoms with Gasteiger partial charge in [-0.2, -0.15) is 4.31 Å². The zero-order chi connectivity index (χ0) is 16.4. The normalized spacial score (nSPS) is 20.5. The van der Waals surface area contributed by atoms with E-state index in [4.69, 9.17) is 0 Å². The molecule has 1 aliphatic heterocycles. The molecule has 8 heteroatoms. The molecular weight excluding hydrogens is 318 g/mol. The Bertz CT molecular complexity index is 680. The molecule has 0 bridgehead atoms. The van der Waals surface area contributed by atoms with E-state index in [0.717, 1.165) is 31.4 Å². The summed E-state index contributed by atoms with van der Waals surface area (Å²) in [5, 5.41) is 14.3. The summed E-state index contributed by atoms with van der Waals surface area (Å²) < 4.78 is 26.7. The minimum absolute atomic E-state index is 0.00362. The van der Waals surface area contributed by atoms with E-state index in [-0.39, 0.29) is 10.6 Å². The summed E-state index contributed by atoms with van der Waals surface area (Å²) in [5.41, 5.74) is -0.202. The van der Waals surface area contributed by atoms with Gasteiger partial charge in [-0.3, -0.25) is 10.1 Å². The number of sulfonamides is 1. The molecule has 1 aliphatic carbocycles. The minimum atomic E-state index is -3.66. The number of piperidine rings is 1. The van der Waals surface area contributed by atoms with Crippen molar-refractivity contribution in [3.63, 3.8) is 0 Å². The van der Waals surface area contributed by atoms with Gasteiger partial charge in [0.2, 0.25) is 10.0 Å². The molecule has 2 fully saturated rings. The van der Waals surface area contributed by atoms with Gasteiger partial charge in [0.05, 0.1) is 9.82 Å². The van der Waals surface area contributed by atoms with Crippen LogP contribution in [-0.4, -0.2) is 43.3 Å². The van der Waals surface area contributed by atoms with Crippen LogP contribution in [0.5, 0.6) is 0 Å². The Labute approximate surface area is 135 Å². The lowest BCUT2D eigenvalue weighted by Gasteiger charge is -2.31. The first-order valence-corrected chi connectivity index (χ1v) is 9.39. The maximum absolute atomic E-state index is 12.6. The van der Waals surface area contributed by atoms with Crippen LogP contribution in [0, 0.1) is 16.0 Å². The number of nitrogens with one attached hydrogen (secondary N) is 1. The van der Waals surface area contributed by atoms with Crippen LogP contribution in [0.1, 0.15) is 25.7 Å². The summed E-state index contributed by atoms with van der Waals surface area (Å²) in [4.78, 5) is 10.2. The van der Waals surface area contributed by atoms with Gasteiger partial charge in [0.1, 0.15) is 0 Å². The van der Waals surface area contributed by atoms with Crippen LogP contribution >= 0.6 is 0 Å². The molecule has 0 unspecified atom stereocenters. The topological polar surface area (TPSA) is 92.5 Å². The van der Waals surface area contributed by atoms with Gasteiger partial charge in [-0.05, 0) is 44.2 Å². The molecule has 23 heavy (non-hydrogen) atoms. The van der Waals surface area contributed by atoms with E-state index in [1.165, 1.54) is 35.3 Å². The molecule has 1 N–H and O–H groups in total. The molecule has 3 rings (SSSR count). The standard InChI is InChI=1S/C15H21N3O4S/c19-18(20)14-2-1-3-15(10-14)23(21,22)17-8-6-13(7-9-17)16-11-12-4-5-12/h1-3,10,12-13,16H,4-9,11H2. The molecule has 0 amide bonds. The van der Waals surface area contributed by atoms with Crippen molar-refractivity contribution >= 4 is 15.7 Å². The van der Waals surface area contributed by atoms with Gasteiger partial charge in [0, 0.05) is 31.3 Å². The quantitative estimate of drug-likeness (QED) is 0.629. The van der Waals surface area contributed by atoms with E-state index < -0.39 is 14.9 Å². The highest BCUT2D eigenvalue weighted by molar-refractivity contribution is 7.89. The first-order valence-electron chi connectivity index (χ1n) is 7.95. The van der Waals surface area contributed by atoms with Gasteiger partial charge in [-0.1, -0.05) is 6.07 Å². The maximum Gasteiger partial charge on any atom is 0.270 e. The third-order valence-corrected chi connectivity index (χ3v) is 6.41. The highest BCUT2D eigenvalue weighted by atomic mass is 32.2. The number of rotatable bonds is 6. The molecule has 0 spiro atoms. The summed E-state index contributed by atoms with van der Waals surface area (Å²) in [5.74, 6) is 0.807. The van der Waals surface area contributed by atoms with Crippen molar-refractivity contribution in [1.29, 1.82) is 0 Å². The van der Waals surface area contributed by atoms with Gasteiger partial charge < -0.3 is 5.32 Å². The zero-order valence-electron chi connectivity index (χ0n) is 12.8. The molecule has 0 radical (unpaired) electrons. The number of hydrogen-bond acceptors (Lipinski definition) is 5. The van der Waals surface area contributed by atoms with E-state index in [1.807, 2.05) is 0 Å². The fraction of sp³-hybridized carbons (Fsp3) is 0.600. The van der Waals surface area contributed by atoms with Gasteiger partial charge >= 0.3 is 0 Å². The summed E-state index contributed by atoms with van der Waals surface area (Å²) in [6.07, 6.45) is 4.15. The largest absolute Gasteiger partial charge is 0.314 e. The maximum atomic E-state index is 12.6. The van der Waals surface area contributed by atoms with Crippen LogP contribution in [-0.2, 0) is 10.0 Å². The molecule has 1 aromatic carbocycles. The van der Waals surface area contributed by atoms with E-state index >= 15 is 0 Å². The third-order valence-electron chi connectivity index (χ3n) is 4.51. The second-order valence-electron chi connectivity index (χ2n) is 6.28. The van der Waals surface area contributed by atoms with Crippen LogP contribution in [0.2, 0.25) is 0 Å². The van der Waals surface area contributed by atoms with Crippen LogP contribution < -0.4 is 5.32 Å². The van der Waals surface area contributed by atoms with E-state index in [0.29, 0.717) is 19.1 Å². The van der Waals surface area contributed by atoms with E-state index in [2.05, 4.69) is 5.32 Å². The third kappa shape index (κ3) is 3.88. The second-order valence-corrected chi connectivity index (χ2v) is 8.22. The van der Waals surface area contributed by atoms with Crippen molar-refractivity contribution in [2.75, 3.05) is 19.6 Å². The molecule has 1 aromatic rings. The Hall–Kier alpha value is -1.51. The number of nitro benzene ring substituents is 1. The van der Waals surface area contributed by atoms with Crippen molar-refractivity contribution in [2.45, 2.75) is 36.6 Å². The molecule has 126 valence electrons. The first kappa shape index (κ1) is 16.4. The minimum Gasteiger partial charge on any atom is -0.314 e. The molecule has 1 saturated heterocycles. The SMILES string of the molecule is O=[N+]([O-])c1cccc(S(=O)(=O)N2CCC(NCC3CC3)CC2)c1. The first-order chi connectivity index (χ1) is 11.0. The highest BCUT2D eigenvalue weighted by Gasteiger charge is 2.31. The summed E-state index contributed by atoms with van der Waals surface area (Å²) >= 11 is 0. The molecule has 1 heterocycles. The summed E-state index contributed by atoms with van der Waals surface area (Å²) in [6, 6.07) is 5.63. The molecule has 2 aliphatic rings. The Morgan fingerprint density at radius 1 is 1.22 bits per heavy atom. The van der Waals surface area contributed by atoms with Crippen LogP contribution in [0.4, 0.5) is 5.69 Å². The number of nitro groups is 1. The number of non-ortho nitro benzene ring substituents is 1. The lowest BCUT2D eigenvalue weighted by molar-refractivity contribution is -0.385. The second kappa shape index (κ2) is 6.54. The van der Waals surface area contributed by atoms with Gasteiger partial charge in [0.15, 0.2) is 0 Å². The molecule has 0 atom stereocenters. The predicted molar refractivity (Wildman–Crippen MR) is 85.6 cm³/mol. The smallest absolute Gasteiger partial charge is 0.270 e. The van der Waals surface area contributed by atoms with Gasteiger partial charge in [-0.25, -0.2) is 8.42 Å². The van der Waals surface area contributed by atoms with Crippen molar-refractivity contribution < 1.29 is 13.3 Å². The number of nitrogens with zero attached hydrogens (tertiary/aromatic N) is 2. The lowest BCUT2D eigenvalue weighted by Crippen LogP contribution is -2.45. The zero-order valence-corrected chi connectivity index (χ0v) is 13.7. The molecular formula is C15H21N3O4S. The average molecular weight is 339 g/mol. The van der Waals surface area contributed by atoms with Crippen molar-refractivity contribution in [3.05, 3.63) is 34.4 Å². The monoisotopic (exact) mass is 339 g/mol. The summed E-state index contributed by atoms with van der Waals surface area (Å²) in [6.45, 7) is 1.93. The van der Waals surface area contributed by atoms with Crippen LogP contribution in [0.15, 0.2) is 29.2 Å². The fourth-order valence-electron chi connectivity index (χ4n) is 2.86. The fourth-order valence-corrected chi connectivity index (χ4v) is 4.37. The molecule has 1 saturated carbocycles. The number of hydrogen-bond donors (Lipinski definition) is 1. The Balaban J connectivity index is 1.64. The van der Waals surface area contributed by atoms with Crippen molar-refractivity contribution in [1.82, 2.24) is 9.62 Å². The van der Waals surface area contributed by atoms with E-state index in [9.17, 15) is 18.5 Å². The van der Waals surface area contributed by atoms with Crippen molar-refractivity contribution in [2.24, 2.45) is 5.92 Å². The Morgan fingerprint density at radius 2 is 1.91 bits per heavy atom. The van der Waals surface area contributed by atoms with E-state index in [1.54, 1.807) is 0 Å². The highest BCUT2D eigenvalue weighted by Crippen LogP contribution is 2.28. The summed E-state index contributed by atoms with van der Waals surface area (Å²) in [7, 11) is -3.66. The molecule has 7 nitrogen and oxygen atoms in total. The lowest BCUT2D eigenvalue weighted by atomic mass is 10.1. The van der Waals surface area contributed by atoms with Gasteiger partial charge in [-0.15, -0.1) is 0 Å². The molecule has 0 aromatic heterocycles. The number of benzene rings is 1. The predicted octanol–water partition coefficient (Wildman–Crippen LogP) is 1.75. The average Bonchev–Trinajstić information content (AvgIpc) is 3.38. The van der Waals surface area contributed by atoms with Gasteiger partial charge in [0.25, 0.3) is 5.69 Å². The van der Waals surface area contributed by atoms with Crippen LogP contribution in [0.25, 0.3) is 0 Å². The Morgan fingerprint density at radius 3 is 2.52 bits per heavy atom.